The van der Waals surface area contributed by atoms with E-state index in [-0.39, 0.29) is 5.78 Å². The standard InChI is InChI=1S/C17H15ClN4O/c1-10-9-12(18)21-11-3-4-17(2,15(23)13(10)11)14-16-20-6-8-22(16)7-5-19-14/h5-9H,3-4H2,1-2H3. The number of carbonyl (C=O) groups is 1. The molecule has 5 nitrogen and oxygen atoms in total. The van der Waals surface area contributed by atoms with Crippen molar-refractivity contribution in [1.29, 1.82) is 0 Å². The number of aryl methyl sites for hydroxylation is 2. The third-order valence-corrected chi connectivity index (χ3v) is 4.88. The maximum absolute atomic E-state index is 13.3. The van der Waals surface area contributed by atoms with Gasteiger partial charge in [-0.1, -0.05) is 11.6 Å². The summed E-state index contributed by atoms with van der Waals surface area (Å²) < 4.78 is 1.89. The Morgan fingerprint density at radius 2 is 2.00 bits per heavy atom. The predicted molar refractivity (Wildman–Crippen MR) is 87.0 cm³/mol. The minimum Gasteiger partial charge on any atom is -0.304 e. The van der Waals surface area contributed by atoms with Gasteiger partial charge in [0.25, 0.3) is 0 Å². The Bertz CT molecular complexity index is 949. The van der Waals surface area contributed by atoms with Gasteiger partial charge < -0.3 is 4.40 Å². The van der Waals surface area contributed by atoms with Crippen molar-refractivity contribution in [2.24, 2.45) is 0 Å². The SMILES string of the molecule is Cc1cc(Cl)nc2c1C(=O)C(C)(c1nccn3ccnc13)CC2. The lowest BCUT2D eigenvalue weighted by Crippen LogP contribution is -2.39. The van der Waals surface area contributed by atoms with Crippen molar-refractivity contribution in [3.8, 4) is 0 Å². The lowest BCUT2D eigenvalue weighted by Gasteiger charge is -2.33. The van der Waals surface area contributed by atoms with E-state index in [9.17, 15) is 4.79 Å². The van der Waals surface area contributed by atoms with E-state index in [0.29, 0.717) is 23.6 Å². The van der Waals surface area contributed by atoms with E-state index in [0.717, 1.165) is 22.6 Å². The van der Waals surface area contributed by atoms with Crippen molar-refractivity contribution < 1.29 is 4.79 Å². The van der Waals surface area contributed by atoms with Crippen LogP contribution in [-0.2, 0) is 11.8 Å². The summed E-state index contributed by atoms with van der Waals surface area (Å²) in [5, 5.41) is 0.436. The molecule has 0 bridgehead atoms. The summed E-state index contributed by atoms with van der Waals surface area (Å²) in [6, 6.07) is 1.74. The predicted octanol–water partition coefficient (Wildman–Crippen LogP) is 3.17. The Morgan fingerprint density at radius 3 is 2.78 bits per heavy atom. The van der Waals surface area contributed by atoms with Crippen LogP contribution in [0.5, 0.6) is 0 Å². The average molecular weight is 327 g/mol. The van der Waals surface area contributed by atoms with Crippen LogP contribution in [0.15, 0.2) is 30.9 Å². The third-order valence-electron chi connectivity index (χ3n) is 4.68. The number of nitrogens with zero attached hydrogens (tertiary/aromatic N) is 4. The third kappa shape index (κ3) is 2.00. The fourth-order valence-electron chi connectivity index (χ4n) is 3.41. The minimum atomic E-state index is -0.707. The molecule has 116 valence electrons. The molecule has 0 aliphatic heterocycles. The molecule has 0 saturated heterocycles. The van der Waals surface area contributed by atoms with Crippen LogP contribution in [0.2, 0.25) is 5.15 Å². The van der Waals surface area contributed by atoms with Gasteiger partial charge in [0.2, 0.25) is 0 Å². The van der Waals surface area contributed by atoms with Crippen molar-refractivity contribution in [2.75, 3.05) is 0 Å². The van der Waals surface area contributed by atoms with Crippen LogP contribution < -0.4 is 0 Å². The molecule has 0 fully saturated rings. The molecule has 0 amide bonds. The van der Waals surface area contributed by atoms with E-state index in [1.54, 1.807) is 18.5 Å². The van der Waals surface area contributed by atoms with E-state index >= 15 is 0 Å². The number of Topliss-reactive ketones (excluding diaryl/α,β-unsaturated/α-hetero) is 1. The van der Waals surface area contributed by atoms with Gasteiger partial charge in [-0.3, -0.25) is 9.78 Å². The number of ketones is 1. The van der Waals surface area contributed by atoms with Gasteiger partial charge in [-0.25, -0.2) is 9.97 Å². The van der Waals surface area contributed by atoms with Crippen molar-refractivity contribution >= 4 is 23.0 Å². The Hall–Kier alpha value is -2.27. The number of halogens is 1. The Kier molecular flexibility index (Phi) is 3.03. The maximum Gasteiger partial charge on any atom is 0.176 e. The topological polar surface area (TPSA) is 60.2 Å². The molecule has 3 heterocycles. The fourth-order valence-corrected chi connectivity index (χ4v) is 3.68. The molecule has 1 aliphatic carbocycles. The molecule has 1 unspecified atom stereocenters. The zero-order valence-electron chi connectivity index (χ0n) is 12.9. The van der Waals surface area contributed by atoms with E-state index in [1.165, 1.54) is 0 Å². The molecule has 0 aromatic carbocycles. The molecule has 0 radical (unpaired) electrons. The van der Waals surface area contributed by atoms with E-state index in [4.69, 9.17) is 11.6 Å². The summed E-state index contributed by atoms with van der Waals surface area (Å²) >= 11 is 6.03. The van der Waals surface area contributed by atoms with Gasteiger partial charge in [0.1, 0.15) is 5.15 Å². The molecule has 6 heteroatoms. The van der Waals surface area contributed by atoms with Crippen LogP contribution in [0.25, 0.3) is 5.65 Å². The van der Waals surface area contributed by atoms with Crippen molar-refractivity contribution in [2.45, 2.75) is 32.1 Å². The molecular weight excluding hydrogens is 312 g/mol. The first-order valence-corrected chi connectivity index (χ1v) is 7.87. The van der Waals surface area contributed by atoms with Gasteiger partial charge in [-0.05, 0) is 38.3 Å². The molecule has 1 aliphatic rings. The first-order valence-electron chi connectivity index (χ1n) is 7.50. The highest BCUT2D eigenvalue weighted by Gasteiger charge is 2.44. The van der Waals surface area contributed by atoms with Gasteiger partial charge in [0.05, 0.1) is 16.8 Å². The van der Waals surface area contributed by atoms with Crippen molar-refractivity contribution in [3.63, 3.8) is 0 Å². The van der Waals surface area contributed by atoms with E-state index in [1.807, 2.05) is 30.6 Å². The quantitative estimate of drug-likeness (QED) is 0.644. The second kappa shape index (κ2) is 4.86. The monoisotopic (exact) mass is 326 g/mol. The van der Waals surface area contributed by atoms with Gasteiger partial charge >= 0.3 is 0 Å². The van der Waals surface area contributed by atoms with Crippen LogP contribution in [0.1, 0.15) is 40.7 Å². The largest absolute Gasteiger partial charge is 0.304 e. The maximum atomic E-state index is 13.3. The lowest BCUT2D eigenvalue weighted by atomic mass is 9.70. The Labute approximate surface area is 138 Å². The van der Waals surface area contributed by atoms with E-state index < -0.39 is 5.41 Å². The van der Waals surface area contributed by atoms with Crippen molar-refractivity contribution in [1.82, 2.24) is 19.4 Å². The summed E-state index contributed by atoms with van der Waals surface area (Å²) in [7, 11) is 0. The molecule has 0 saturated carbocycles. The molecular formula is C17H15ClN4O. The number of aromatic nitrogens is 4. The van der Waals surface area contributed by atoms with Gasteiger partial charge in [0, 0.05) is 30.4 Å². The van der Waals surface area contributed by atoms with E-state index in [2.05, 4.69) is 15.0 Å². The van der Waals surface area contributed by atoms with Crippen LogP contribution >= 0.6 is 11.6 Å². The molecule has 3 aromatic rings. The zero-order chi connectivity index (χ0) is 16.2. The number of carbonyl (C=O) groups excluding carboxylic acids is 1. The molecule has 0 N–H and O–H groups in total. The first-order chi connectivity index (χ1) is 11.0. The Morgan fingerprint density at radius 1 is 1.26 bits per heavy atom. The van der Waals surface area contributed by atoms with Crippen LogP contribution in [0.4, 0.5) is 0 Å². The van der Waals surface area contributed by atoms with Gasteiger partial charge in [-0.15, -0.1) is 0 Å². The zero-order valence-corrected chi connectivity index (χ0v) is 13.6. The second-order valence-corrected chi connectivity index (χ2v) is 6.57. The van der Waals surface area contributed by atoms with Crippen LogP contribution in [-0.4, -0.2) is 25.1 Å². The van der Waals surface area contributed by atoms with Gasteiger partial charge in [0.15, 0.2) is 11.4 Å². The summed E-state index contributed by atoms with van der Waals surface area (Å²) in [6.45, 7) is 3.85. The molecule has 4 rings (SSSR count). The molecule has 23 heavy (non-hydrogen) atoms. The first kappa shape index (κ1) is 14.3. The van der Waals surface area contributed by atoms with Crippen LogP contribution in [0.3, 0.4) is 0 Å². The van der Waals surface area contributed by atoms with Crippen molar-refractivity contribution in [3.05, 3.63) is 58.5 Å². The number of hydrogen-bond acceptors (Lipinski definition) is 4. The summed E-state index contributed by atoms with van der Waals surface area (Å²) in [5.41, 5.74) is 3.07. The number of hydrogen-bond donors (Lipinski definition) is 0. The summed E-state index contributed by atoms with van der Waals surface area (Å²) in [6.07, 6.45) is 8.47. The molecule has 3 aromatic heterocycles. The highest BCUT2D eigenvalue weighted by molar-refractivity contribution is 6.29. The highest BCUT2D eigenvalue weighted by atomic mass is 35.5. The number of fused-ring (bicyclic) bond motifs is 2. The Balaban J connectivity index is 1.93. The highest BCUT2D eigenvalue weighted by Crippen LogP contribution is 2.39. The average Bonchev–Trinajstić information content (AvgIpc) is 2.99. The van der Waals surface area contributed by atoms with Crippen LogP contribution in [0, 0.1) is 6.92 Å². The molecule has 1 atom stereocenters. The number of pyridine rings is 1. The number of imidazole rings is 1. The van der Waals surface area contributed by atoms with Gasteiger partial charge in [-0.2, -0.15) is 0 Å². The summed E-state index contributed by atoms with van der Waals surface area (Å²) in [5.74, 6) is 0.0454. The minimum absolute atomic E-state index is 0.0454. The smallest absolute Gasteiger partial charge is 0.176 e. The molecule has 0 spiro atoms. The lowest BCUT2D eigenvalue weighted by molar-refractivity contribution is 0.0870. The fraction of sp³-hybridized carbons (Fsp3) is 0.294. The number of rotatable bonds is 1. The second-order valence-electron chi connectivity index (χ2n) is 6.18. The normalized spacial score (nSPS) is 20.7. The summed E-state index contributed by atoms with van der Waals surface area (Å²) in [4.78, 5) is 26.5.